The van der Waals surface area contributed by atoms with Gasteiger partial charge in [-0.3, -0.25) is 9.58 Å². The van der Waals surface area contributed by atoms with Crippen LogP contribution in [0.1, 0.15) is 51.6 Å². The molecular formula is C15H28N4. The zero-order chi connectivity index (χ0) is 13.9. The maximum atomic E-state index is 4.34. The van der Waals surface area contributed by atoms with Gasteiger partial charge in [0, 0.05) is 24.3 Å². The van der Waals surface area contributed by atoms with Gasteiger partial charge in [0.2, 0.25) is 0 Å². The van der Waals surface area contributed by atoms with Gasteiger partial charge in [0.1, 0.15) is 0 Å². The molecular weight excluding hydrogens is 236 g/mol. The number of nitrogens with one attached hydrogen (secondary N) is 1. The molecule has 1 aromatic heterocycles. The Morgan fingerprint density at radius 2 is 2.05 bits per heavy atom. The number of aromatic nitrogens is 2. The SMILES string of the molecule is CCCNC(c1cnn(C)c1)C(C)(C)N1CCCC1. The molecule has 4 heteroatoms. The van der Waals surface area contributed by atoms with E-state index < -0.39 is 0 Å². The fraction of sp³-hybridized carbons (Fsp3) is 0.800. The predicted molar refractivity (Wildman–Crippen MR) is 79.1 cm³/mol. The molecule has 2 heterocycles. The van der Waals surface area contributed by atoms with E-state index in [0.29, 0.717) is 6.04 Å². The van der Waals surface area contributed by atoms with Gasteiger partial charge in [-0.15, -0.1) is 0 Å². The Labute approximate surface area is 117 Å². The molecule has 0 saturated carbocycles. The average Bonchev–Trinajstić information content (AvgIpc) is 3.01. The normalized spacial score (nSPS) is 18.9. The maximum absolute atomic E-state index is 4.34. The highest BCUT2D eigenvalue weighted by Crippen LogP contribution is 2.33. The van der Waals surface area contributed by atoms with Crippen molar-refractivity contribution in [2.24, 2.45) is 7.05 Å². The number of hydrogen-bond acceptors (Lipinski definition) is 3. The molecule has 4 nitrogen and oxygen atoms in total. The Morgan fingerprint density at radius 3 is 2.58 bits per heavy atom. The van der Waals surface area contributed by atoms with Crippen molar-refractivity contribution in [2.45, 2.75) is 51.6 Å². The zero-order valence-corrected chi connectivity index (χ0v) is 12.8. The van der Waals surface area contributed by atoms with E-state index in [2.05, 4.69) is 42.3 Å². The highest BCUT2D eigenvalue weighted by atomic mass is 15.3. The minimum Gasteiger partial charge on any atom is -0.308 e. The quantitative estimate of drug-likeness (QED) is 0.856. The first-order valence-electron chi connectivity index (χ1n) is 7.52. The summed E-state index contributed by atoms with van der Waals surface area (Å²) in [5.74, 6) is 0. The van der Waals surface area contributed by atoms with Crippen LogP contribution >= 0.6 is 0 Å². The molecule has 2 rings (SSSR count). The van der Waals surface area contributed by atoms with Crippen molar-refractivity contribution in [2.75, 3.05) is 19.6 Å². The van der Waals surface area contributed by atoms with Gasteiger partial charge in [-0.05, 0) is 52.7 Å². The van der Waals surface area contributed by atoms with E-state index >= 15 is 0 Å². The van der Waals surface area contributed by atoms with E-state index in [4.69, 9.17) is 0 Å². The van der Waals surface area contributed by atoms with Gasteiger partial charge < -0.3 is 5.32 Å². The second-order valence-electron chi connectivity index (χ2n) is 6.18. The molecule has 1 N–H and O–H groups in total. The van der Waals surface area contributed by atoms with Crippen LogP contribution in [-0.2, 0) is 7.05 Å². The molecule has 1 saturated heterocycles. The minimum atomic E-state index is 0.134. The summed E-state index contributed by atoms with van der Waals surface area (Å²) in [4.78, 5) is 2.62. The van der Waals surface area contributed by atoms with Crippen LogP contribution in [0.25, 0.3) is 0 Å². The summed E-state index contributed by atoms with van der Waals surface area (Å²) in [6, 6.07) is 0.347. The van der Waals surface area contributed by atoms with E-state index in [1.807, 2.05) is 17.9 Å². The van der Waals surface area contributed by atoms with Gasteiger partial charge in [-0.2, -0.15) is 5.10 Å². The summed E-state index contributed by atoms with van der Waals surface area (Å²) in [6.45, 7) is 10.4. The van der Waals surface area contributed by atoms with Gasteiger partial charge >= 0.3 is 0 Å². The maximum Gasteiger partial charge on any atom is 0.0538 e. The topological polar surface area (TPSA) is 33.1 Å². The number of nitrogens with zero attached hydrogens (tertiary/aromatic N) is 3. The molecule has 1 aromatic rings. The van der Waals surface area contributed by atoms with Crippen molar-refractivity contribution < 1.29 is 0 Å². The summed E-state index contributed by atoms with van der Waals surface area (Å²) in [5.41, 5.74) is 1.43. The third-order valence-electron chi connectivity index (χ3n) is 4.28. The van der Waals surface area contributed by atoms with Crippen LogP contribution in [0, 0.1) is 0 Å². The van der Waals surface area contributed by atoms with Gasteiger partial charge in [0.05, 0.1) is 12.2 Å². The van der Waals surface area contributed by atoms with Gasteiger partial charge in [-0.1, -0.05) is 6.92 Å². The molecule has 1 aliphatic heterocycles. The zero-order valence-electron chi connectivity index (χ0n) is 12.8. The van der Waals surface area contributed by atoms with Crippen LogP contribution in [0.15, 0.2) is 12.4 Å². The lowest BCUT2D eigenvalue weighted by Crippen LogP contribution is -2.51. The largest absolute Gasteiger partial charge is 0.308 e. The van der Waals surface area contributed by atoms with Gasteiger partial charge in [-0.25, -0.2) is 0 Å². The van der Waals surface area contributed by atoms with Crippen LogP contribution in [0.5, 0.6) is 0 Å². The molecule has 0 spiro atoms. The number of likely N-dealkylation sites (tertiary alicyclic amines) is 1. The summed E-state index contributed by atoms with van der Waals surface area (Å²) in [6.07, 6.45) is 7.97. The summed E-state index contributed by atoms with van der Waals surface area (Å²) in [5, 5.41) is 8.07. The molecule has 0 aliphatic carbocycles. The molecule has 1 aliphatic rings. The van der Waals surface area contributed by atoms with Crippen molar-refractivity contribution in [3.63, 3.8) is 0 Å². The highest BCUT2D eigenvalue weighted by Gasteiger charge is 2.37. The smallest absolute Gasteiger partial charge is 0.0538 e. The number of rotatable bonds is 6. The molecule has 19 heavy (non-hydrogen) atoms. The first-order valence-corrected chi connectivity index (χ1v) is 7.52. The van der Waals surface area contributed by atoms with Crippen LogP contribution in [0.3, 0.4) is 0 Å². The lowest BCUT2D eigenvalue weighted by Gasteiger charge is -2.42. The molecule has 108 valence electrons. The predicted octanol–water partition coefficient (Wildman–Crippen LogP) is 2.34. The van der Waals surface area contributed by atoms with Crippen LogP contribution in [0.4, 0.5) is 0 Å². The van der Waals surface area contributed by atoms with Gasteiger partial charge in [0.15, 0.2) is 0 Å². The second kappa shape index (κ2) is 6.06. The highest BCUT2D eigenvalue weighted by molar-refractivity contribution is 5.17. The van der Waals surface area contributed by atoms with Crippen molar-refractivity contribution in [1.29, 1.82) is 0 Å². The fourth-order valence-corrected chi connectivity index (χ4v) is 3.13. The number of hydrogen-bond donors (Lipinski definition) is 1. The van der Waals surface area contributed by atoms with Crippen molar-refractivity contribution in [1.82, 2.24) is 20.0 Å². The molecule has 0 bridgehead atoms. The Bertz CT molecular complexity index is 391. The van der Waals surface area contributed by atoms with Crippen molar-refractivity contribution in [3.8, 4) is 0 Å². The molecule has 1 atom stereocenters. The Hall–Kier alpha value is -0.870. The standard InChI is InChI=1S/C15H28N4/c1-5-8-16-14(13-11-17-18(4)12-13)15(2,3)19-9-6-7-10-19/h11-12,14,16H,5-10H2,1-4H3. The van der Waals surface area contributed by atoms with E-state index in [9.17, 15) is 0 Å². The molecule has 0 amide bonds. The molecule has 1 unspecified atom stereocenters. The summed E-state index contributed by atoms with van der Waals surface area (Å²) >= 11 is 0. The second-order valence-corrected chi connectivity index (χ2v) is 6.18. The molecule has 0 aromatic carbocycles. The summed E-state index contributed by atoms with van der Waals surface area (Å²) < 4.78 is 1.90. The van der Waals surface area contributed by atoms with E-state index in [1.165, 1.54) is 31.5 Å². The van der Waals surface area contributed by atoms with Crippen LogP contribution in [0.2, 0.25) is 0 Å². The number of aryl methyl sites for hydroxylation is 1. The molecule has 0 radical (unpaired) electrons. The third kappa shape index (κ3) is 3.18. The summed E-state index contributed by atoms with van der Waals surface area (Å²) in [7, 11) is 1.99. The first-order chi connectivity index (χ1) is 9.05. The Kier molecular flexibility index (Phi) is 4.63. The Morgan fingerprint density at radius 1 is 1.37 bits per heavy atom. The monoisotopic (exact) mass is 264 g/mol. The first kappa shape index (κ1) is 14.5. The van der Waals surface area contributed by atoms with Crippen LogP contribution in [-0.4, -0.2) is 39.9 Å². The van der Waals surface area contributed by atoms with Gasteiger partial charge in [0.25, 0.3) is 0 Å². The third-order valence-corrected chi connectivity index (χ3v) is 4.28. The van der Waals surface area contributed by atoms with E-state index in [-0.39, 0.29) is 5.54 Å². The van der Waals surface area contributed by atoms with Crippen LogP contribution < -0.4 is 5.32 Å². The van der Waals surface area contributed by atoms with Crippen molar-refractivity contribution in [3.05, 3.63) is 18.0 Å². The average molecular weight is 264 g/mol. The van der Waals surface area contributed by atoms with E-state index in [1.54, 1.807) is 0 Å². The van der Waals surface area contributed by atoms with Crippen molar-refractivity contribution >= 4 is 0 Å². The Balaban J connectivity index is 2.20. The minimum absolute atomic E-state index is 0.134. The molecule has 1 fully saturated rings. The fourth-order valence-electron chi connectivity index (χ4n) is 3.13. The van der Waals surface area contributed by atoms with E-state index in [0.717, 1.165) is 13.0 Å². The lowest BCUT2D eigenvalue weighted by atomic mass is 9.88. The lowest BCUT2D eigenvalue weighted by molar-refractivity contribution is 0.107.